The second-order valence-corrected chi connectivity index (χ2v) is 6.64. The fourth-order valence-corrected chi connectivity index (χ4v) is 2.25. The Morgan fingerprint density at radius 1 is 1.35 bits per heavy atom. The highest BCUT2D eigenvalue weighted by molar-refractivity contribution is 5.83. The molecular formula is C20H34O3. The summed E-state index contributed by atoms with van der Waals surface area (Å²) in [6.45, 7) is 14.9. The van der Waals surface area contributed by atoms with E-state index in [0.717, 1.165) is 24.8 Å². The highest BCUT2D eigenvalue weighted by atomic mass is 16.5. The van der Waals surface area contributed by atoms with Crippen LogP contribution in [0.2, 0.25) is 0 Å². The number of carbonyl (C=O) groups excluding carboxylic acids is 1. The molecule has 0 amide bonds. The van der Waals surface area contributed by atoms with Gasteiger partial charge in [-0.15, -0.1) is 6.58 Å². The second kappa shape index (κ2) is 12.1. The molecule has 132 valence electrons. The Hall–Kier alpha value is -1.35. The van der Waals surface area contributed by atoms with E-state index in [0.29, 0.717) is 19.1 Å². The molecule has 3 nitrogen and oxygen atoms in total. The summed E-state index contributed by atoms with van der Waals surface area (Å²) in [5, 5.41) is 0. The molecule has 1 atom stereocenters. The fourth-order valence-electron chi connectivity index (χ4n) is 2.25. The first kappa shape index (κ1) is 21.6. The van der Waals surface area contributed by atoms with E-state index in [2.05, 4.69) is 33.4 Å². The minimum Gasteiger partial charge on any atom is -0.463 e. The molecule has 0 radical (unpaired) electrons. The predicted molar refractivity (Wildman–Crippen MR) is 97.4 cm³/mol. The summed E-state index contributed by atoms with van der Waals surface area (Å²) in [6, 6.07) is 0. The van der Waals surface area contributed by atoms with Gasteiger partial charge < -0.3 is 9.47 Å². The van der Waals surface area contributed by atoms with Gasteiger partial charge in [0.15, 0.2) is 0 Å². The molecule has 3 heteroatoms. The van der Waals surface area contributed by atoms with Crippen molar-refractivity contribution in [1.29, 1.82) is 0 Å². The van der Waals surface area contributed by atoms with Crippen molar-refractivity contribution < 1.29 is 14.3 Å². The quantitative estimate of drug-likeness (QED) is 0.214. The Kier molecular flexibility index (Phi) is 11.4. The smallest absolute Gasteiger partial charge is 0.330 e. The molecule has 0 spiro atoms. The normalized spacial score (nSPS) is 14.0. The van der Waals surface area contributed by atoms with Gasteiger partial charge in [0.2, 0.25) is 0 Å². The minimum absolute atomic E-state index is 0.0806. The Bertz CT molecular complexity index is 405. The van der Waals surface area contributed by atoms with Crippen molar-refractivity contribution in [3.8, 4) is 0 Å². The zero-order valence-electron chi connectivity index (χ0n) is 15.6. The molecule has 0 aliphatic carbocycles. The van der Waals surface area contributed by atoms with E-state index in [9.17, 15) is 4.79 Å². The molecule has 0 heterocycles. The Morgan fingerprint density at radius 3 is 2.65 bits per heavy atom. The second-order valence-electron chi connectivity index (χ2n) is 6.64. The van der Waals surface area contributed by atoms with Crippen molar-refractivity contribution in [3.63, 3.8) is 0 Å². The van der Waals surface area contributed by atoms with Crippen LogP contribution in [0.25, 0.3) is 0 Å². The van der Waals surface area contributed by atoms with Crippen LogP contribution >= 0.6 is 0 Å². The van der Waals surface area contributed by atoms with Crippen molar-refractivity contribution >= 4 is 5.97 Å². The van der Waals surface area contributed by atoms with Crippen molar-refractivity contribution in [2.45, 2.75) is 65.9 Å². The third-order valence-electron chi connectivity index (χ3n) is 3.62. The number of ether oxygens (including phenoxy) is 2. The molecule has 0 aromatic heterocycles. The maximum atomic E-state index is 11.3. The molecule has 0 aliphatic heterocycles. The number of hydrogen-bond donors (Lipinski definition) is 0. The van der Waals surface area contributed by atoms with Crippen LogP contribution in [0.5, 0.6) is 0 Å². The van der Waals surface area contributed by atoms with Crippen LogP contribution in [0.3, 0.4) is 0 Å². The van der Waals surface area contributed by atoms with Crippen LogP contribution in [0.1, 0.15) is 60.3 Å². The van der Waals surface area contributed by atoms with Gasteiger partial charge in [-0.05, 0) is 52.0 Å². The third kappa shape index (κ3) is 12.8. The minimum atomic E-state index is -0.274. The van der Waals surface area contributed by atoms with Gasteiger partial charge in [-0.1, -0.05) is 38.0 Å². The van der Waals surface area contributed by atoms with E-state index < -0.39 is 0 Å². The van der Waals surface area contributed by atoms with Crippen LogP contribution in [0.4, 0.5) is 0 Å². The summed E-state index contributed by atoms with van der Waals surface area (Å²) in [4.78, 5) is 11.3. The van der Waals surface area contributed by atoms with E-state index in [1.165, 1.54) is 12.5 Å². The fraction of sp³-hybridized carbons (Fsp3) is 0.650. The first-order chi connectivity index (χ1) is 10.8. The number of allylic oxidation sites excluding steroid dienone is 3. The number of hydrogen-bond acceptors (Lipinski definition) is 3. The largest absolute Gasteiger partial charge is 0.463 e. The van der Waals surface area contributed by atoms with Gasteiger partial charge in [0.1, 0.15) is 0 Å². The Morgan fingerprint density at radius 2 is 2.04 bits per heavy atom. The van der Waals surface area contributed by atoms with E-state index in [1.54, 1.807) is 6.08 Å². The summed E-state index contributed by atoms with van der Waals surface area (Å²) in [6.07, 6.45) is 11.8. The molecule has 0 fully saturated rings. The number of rotatable bonds is 12. The van der Waals surface area contributed by atoms with Crippen LogP contribution in [0, 0.1) is 5.92 Å². The van der Waals surface area contributed by atoms with Gasteiger partial charge in [-0.2, -0.15) is 0 Å². The predicted octanol–water partition coefficient (Wildman–Crippen LogP) is 5.23. The zero-order valence-corrected chi connectivity index (χ0v) is 15.6. The van der Waals surface area contributed by atoms with Gasteiger partial charge in [-0.3, -0.25) is 0 Å². The zero-order chi connectivity index (χ0) is 17.7. The number of esters is 1. The summed E-state index contributed by atoms with van der Waals surface area (Å²) >= 11 is 0. The Balaban J connectivity index is 4.02. The molecule has 0 rings (SSSR count). The molecule has 1 unspecified atom stereocenters. The molecule has 0 aromatic rings. The van der Waals surface area contributed by atoms with Crippen LogP contribution in [-0.2, 0) is 14.3 Å². The average Bonchev–Trinajstić information content (AvgIpc) is 2.45. The van der Waals surface area contributed by atoms with E-state index in [1.807, 2.05) is 19.9 Å². The highest BCUT2D eigenvalue weighted by Gasteiger charge is 2.17. The summed E-state index contributed by atoms with van der Waals surface area (Å²) in [7, 11) is 0. The molecule has 0 N–H and O–H groups in total. The van der Waals surface area contributed by atoms with Crippen molar-refractivity contribution in [3.05, 3.63) is 36.5 Å². The lowest BCUT2D eigenvalue weighted by Crippen LogP contribution is -2.24. The molecule has 0 saturated carbocycles. The molecular weight excluding hydrogens is 288 g/mol. The molecule has 0 aliphatic rings. The number of carbonyl (C=O) groups is 1. The summed E-state index contributed by atoms with van der Waals surface area (Å²) < 4.78 is 10.6. The van der Waals surface area contributed by atoms with Gasteiger partial charge >= 0.3 is 5.97 Å². The van der Waals surface area contributed by atoms with Crippen molar-refractivity contribution in [1.82, 2.24) is 0 Å². The molecule has 0 saturated heterocycles. The first-order valence-electron chi connectivity index (χ1n) is 8.57. The average molecular weight is 322 g/mol. The summed E-state index contributed by atoms with van der Waals surface area (Å²) in [5.74, 6) is 0.348. The molecule has 0 bridgehead atoms. The van der Waals surface area contributed by atoms with Crippen LogP contribution in [0.15, 0.2) is 36.5 Å². The lowest BCUT2D eigenvalue weighted by Gasteiger charge is -2.25. The maximum Gasteiger partial charge on any atom is 0.330 e. The highest BCUT2D eigenvalue weighted by Crippen LogP contribution is 2.21. The lowest BCUT2D eigenvalue weighted by molar-refractivity contribution is -0.137. The van der Waals surface area contributed by atoms with Crippen LogP contribution in [-0.4, -0.2) is 24.8 Å². The monoisotopic (exact) mass is 322 g/mol. The van der Waals surface area contributed by atoms with Crippen LogP contribution < -0.4 is 0 Å². The van der Waals surface area contributed by atoms with Crippen molar-refractivity contribution in [2.24, 2.45) is 5.92 Å². The summed E-state index contributed by atoms with van der Waals surface area (Å²) in [5.41, 5.74) is 0.845. The maximum absolute atomic E-state index is 11.3. The topological polar surface area (TPSA) is 35.5 Å². The lowest BCUT2D eigenvalue weighted by atomic mass is 9.94. The Labute approximate surface area is 142 Å². The first-order valence-corrected chi connectivity index (χ1v) is 8.57. The van der Waals surface area contributed by atoms with Crippen molar-refractivity contribution in [2.75, 3.05) is 13.2 Å². The van der Waals surface area contributed by atoms with Gasteiger partial charge in [0, 0.05) is 6.08 Å². The van der Waals surface area contributed by atoms with Gasteiger partial charge in [0.25, 0.3) is 0 Å². The third-order valence-corrected chi connectivity index (χ3v) is 3.62. The van der Waals surface area contributed by atoms with E-state index in [-0.39, 0.29) is 11.6 Å². The van der Waals surface area contributed by atoms with E-state index in [4.69, 9.17) is 9.47 Å². The SMILES string of the molecule is C=CCOC(C)(C)CCCC(C)C/C=C/C(C)=C/C(=O)OCC. The standard InChI is InChI=1S/C20H34O3/c1-7-15-23-20(5,6)14-10-13-17(3)11-9-12-18(4)16-19(21)22-8-2/h7,9,12,16-17H,1,8,10-11,13-15H2,2-6H3/b12-9+,18-16+. The molecule has 0 aromatic carbocycles. The van der Waals surface area contributed by atoms with Gasteiger partial charge in [-0.25, -0.2) is 4.79 Å². The van der Waals surface area contributed by atoms with E-state index >= 15 is 0 Å². The molecule has 23 heavy (non-hydrogen) atoms. The van der Waals surface area contributed by atoms with Gasteiger partial charge in [0.05, 0.1) is 18.8 Å².